The number of amides is 1. The third-order valence-electron chi connectivity index (χ3n) is 6.02. The molecule has 7 nitrogen and oxygen atoms in total. The zero-order chi connectivity index (χ0) is 22.8. The second-order valence-corrected chi connectivity index (χ2v) is 10.2. The van der Waals surface area contributed by atoms with Crippen molar-refractivity contribution < 1.29 is 9.21 Å². The van der Waals surface area contributed by atoms with E-state index >= 15 is 0 Å². The molecular formula is C24H26N4O3S2. The quantitative estimate of drug-likeness (QED) is 0.415. The van der Waals surface area contributed by atoms with Gasteiger partial charge in [0, 0.05) is 15.8 Å². The molecule has 33 heavy (non-hydrogen) atoms. The maximum atomic E-state index is 13.7. The number of nitrogens with one attached hydrogen (secondary N) is 1. The topological polar surface area (TPSA) is 80.4 Å². The Labute approximate surface area is 199 Å². The number of thiophene rings is 2. The van der Waals surface area contributed by atoms with Gasteiger partial charge in [-0.25, -0.2) is 4.98 Å². The van der Waals surface area contributed by atoms with E-state index < -0.39 is 0 Å². The maximum Gasteiger partial charge on any atom is 0.263 e. The molecule has 9 heteroatoms. The lowest BCUT2D eigenvalue weighted by Crippen LogP contribution is -2.38. The number of hydrogen-bond donors (Lipinski definition) is 1. The smallest absolute Gasteiger partial charge is 0.263 e. The molecule has 1 atom stereocenters. The number of likely N-dealkylation sites (tertiary alicyclic amines) is 1. The third kappa shape index (κ3) is 4.66. The van der Waals surface area contributed by atoms with Crippen molar-refractivity contribution in [1.82, 2.24) is 19.8 Å². The van der Waals surface area contributed by atoms with Gasteiger partial charge in [0.05, 0.1) is 24.2 Å². The average molecular weight is 483 g/mol. The van der Waals surface area contributed by atoms with E-state index in [-0.39, 0.29) is 24.1 Å². The van der Waals surface area contributed by atoms with Crippen molar-refractivity contribution in [3.8, 4) is 10.4 Å². The molecule has 0 aliphatic carbocycles. The summed E-state index contributed by atoms with van der Waals surface area (Å²) in [5.74, 6) is 1.08. The fraction of sp³-hybridized carbons (Fsp3) is 0.375. The van der Waals surface area contributed by atoms with Crippen molar-refractivity contribution in [3.05, 3.63) is 63.2 Å². The molecule has 0 aromatic carbocycles. The van der Waals surface area contributed by atoms with Crippen LogP contribution in [0, 0.1) is 0 Å². The molecule has 5 heterocycles. The Morgan fingerprint density at radius 1 is 1.21 bits per heavy atom. The van der Waals surface area contributed by atoms with E-state index in [1.807, 2.05) is 35.9 Å². The highest BCUT2D eigenvalue weighted by atomic mass is 32.1. The normalized spacial score (nSPS) is 15.7. The van der Waals surface area contributed by atoms with Crippen LogP contribution in [0.1, 0.15) is 43.8 Å². The summed E-state index contributed by atoms with van der Waals surface area (Å²) in [7, 11) is 0. The fourth-order valence-corrected chi connectivity index (χ4v) is 6.09. The van der Waals surface area contributed by atoms with E-state index in [0.29, 0.717) is 23.5 Å². The average Bonchev–Trinajstić information content (AvgIpc) is 3.58. The Morgan fingerprint density at radius 3 is 2.79 bits per heavy atom. The van der Waals surface area contributed by atoms with Gasteiger partial charge in [-0.2, -0.15) is 0 Å². The predicted octanol–water partition coefficient (Wildman–Crippen LogP) is 4.64. The van der Waals surface area contributed by atoms with Crippen LogP contribution in [0.15, 0.2) is 50.5 Å². The molecular weight excluding hydrogens is 456 g/mol. The number of hydrogen-bond acceptors (Lipinski definition) is 7. The van der Waals surface area contributed by atoms with E-state index in [4.69, 9.17) is 9.40 Å². The summed E-state index contributed by atoms with van der Waals surface area (Å²) in [4.78, 5) is 35.7. The van der Waals surface area contributed by atoms with Crippen LogP contribution in [0.25, 0.3) is 20.7 Å². The molecule has 172 valence electrons. The van der Waals surface area contributed by atoms with Gasteiger partial charge in [0.25, 0.3) is 5.56 Å². The Kier molecular flexibility index (Phi) is 6.43. The predicted molar refractivity (Wildman–Crippen MR) is 132 cm³/mol. The van der Waals surface area contributed by atoms with Crippen LogP contribution in [0.5, 0.6) is 0 Å². The highest BCUT2D eigenvalue weighted by Gasteiger charge is 2.22. The minimum Gasteiger partial charge on any atom is -0.467 e. The maximum absolute atomic E-state index is 13.7. The molecule has 1 fully saturated rings. The van der Waals surface area contributed by atoms with Gasteiger partial charge in [-0.3, -0.25) is 19.1 Å². The number of carbonyl (C=O) groups is 1. The van der Waals surface area contributed by atoms with E-state index in [1.54, 1.807) is 28.2 Å². The van der Waals surface area contributed by atoms with E-state index in [1.165, 1.54) is 17.8 Å². The first-order valence-corrected chi connectivity index (χ1v) is 13.0. The number of aromatic nitrogens is 2. The van der Waals surface area contributed by atoms with E-state index in [9.17, 15) is 9.59 Å². The molecule has 0 saturated carbocycles. The number of nitrogens with zero attached hydrogens (tertiary/aromatic N) is 3. The van der Waals surface area contributed by atoms with Gasteiger partial charge < -0.3 is 9.73 Å². The van der Waals surface area contributed by atoms with Gasteiger partial charge in [-0.1, -0.05) is 12.5 Å². The van der Waals surface area contributed by atoms with Crippen LogP contribution >= 0.6 is 22.7 Å². The zero-order valence-corrected chi connectivity index (χ0v) is 20.1. The van der Waals surface area contributed by atoms with Gasteiger partial charge in [0.1, 0.15) is 23.0 Å². The Bertz CT molecular complexity index is 1290. The lowest BCUT2D eigenvalue weighted by Gasteiger charge is -2.27. The van der Waals surface area contributed by atoms with Gasteiger partial charge >= 0.3 is 0 Å². The van der Waals surface area contributed by atoms with Crippen molar-refractivity contribution in [3.63, 3.8) is 0 Å². The standard InChI is InChI=1S/C24H26N4O3S2/c1-16(18-7-5-11-31-18)25-21(29)14-28-20(13-27-9-3-2-4-10-27)26-23-22(24(28)30)17(15-33-23)19-8-6-12-32-19/h5-8,11-12,15-16H,2-4,9-10,13-14H2,1H3,(H,25,29)/t16-/m1/s1. The van der Waals surface area contributed by atoms with Gasteiger partial charge in [-0.05, 0) is 56.4 Å². The van der Waals surface area contributed by atoms with E-state index in [2.05, 4.69) is 10.2 Å². The zero-order valence-electron chi connectivity index (χ0n) is 18.5. The summed E-state index contributed by atoms with van der Waals surface area (Å²) < 4.78 is 6.96. The lowest BCUT2D eigenvalue weighted by atomic mass is 10.1. The molecule has 1 N–H and O–H groups in total. The first-order chi connectivity index (χ1) is 16.1. The number of furan rings is 1. The SMILES string of the molecule is C[C@@H](NC(=O)Cn1c(CN2CCCCC2)nc2scc(-c3cccs3)c2c1=O)c1ccco1. The fourth-order valence-electron chi connectivity index (χ4n) is 4.32. The van der Waals surface area contributed by atoms with Gasteiger partial charge in [0.2, 0.25) is 5.91 Å². The molecule has 4 aromatic rings. The monoisotopic (exact) mass is 482 g/mol. The van der Waals surface area contributed by atoms with Crippen LogP contribution in [0.2, 0.25) is 0 Å². The van der Waals surface area contributed by atoms with Crippen molar-refractivity contribution >= 4 is 38.8 Å². The minimum absolute atomic E-state index is 0.0737. The highest BCUT2D eigenvalue weighted by molar-refractivity contribution is 7.18. The number of piperidine rings is 1. The van der Waals surface area contributed by atoms with E-state index in [0.717, 1.165) is 41.2 Å². The van der Waals surface area contributed by atoms with Crippen molar-refractivity contribution in [1.29, 1.82) is 0 Å². The first-order valence-electron chi connectivity index (χ1n) is 11.2. The molecule has 0 unspecified atom stereocenters. The summed E-state index contributed by atoms with van der Waals surface area (Å²) in [5, 5.41) is 7.54. The third-order valence-corrected chi connectivity index (χ3v) is 7.80. The first kappa shape index (κ1) is 22.1. The largest absolute Gasteiger partial charge is 0.467 e. The molecule has 0 bridgehead atoms. The molecule has 4 aromatic heterocycles. The summed E-state index contributed by atoms with van der Waals surface area (Å²) in [6, 6.07) is 7.32. The Balaban J connectivity index is 1.51. The van der Waals surface area contributed by atoms with Crippen molar-refractivity contribution in [2.75, 3.05) is 13.1 Å². The minimum atomic E-state index is -0.284. The van der Waals surface area contributed by atoms with Crippen LogP contribution in [0.3, 0.4) is 0 Å². The van der Waals surface area contributed by atoms with Crippen LogP contribution in [-0.2, 0) is 17.9 Å². The van der Waals surface area contributed by atoms with Gasteiger partial charge in [0.15, 0.2) is 0 Å². The number of rotatable bonds is 7. The number of fused-ring (bicyclic) bond motifs is 1. The second kappa shape index (κ2) is 9.62. The molecule has 0 radical (unpaired) electrons. The van der Waals surface area contributed by atoms with Gasteiger partial charge in [-0.15, -0.1) is 22.7 Å². The summed E-state index contributed by atoms with van der Waals surface area (Å²) in [6.45, 7) is 4.33. The second-order valence-electron chi connectivity index (χ2n) is 8.37. The molecule has 0 spiro atoms. The lowest BCUT2D eigenvalue weighted by molar-refractivity contribution is -0.122. The molecule has 1 aliphatic rings. The van der Waals surface area contributed by atoms with Crippen molar-refractivity contribution in [2.45, 2.75) is 45.3 Å². The molecule has 1 saturated heterocycles. The molecule has 1 aliphatic heterocycles. The molecule has 5 rings (SSSR count). The van der Waals surface area contributed by atoms with Crippen molar-refractivity contribution in [2.24, 2.45) is 0 Å². The van der Waals surface area contributed by atoms with Crippen LogP contribution < -0.4 is 10.9 Å². The summed E-state index contributed by atoms with van der Waals surface area (Å²) in [5.41, 5.74) is 0.739. The van der Waals surface area contributed by atoms with Crippen LogP contribution in [-0.4, -0.2) is 33.4 Å². The number of carbonyl (C=O) groups excluding carboxylic acids is 1. The molecule has 1 amide bonds. The highest BCUT2D eigenvalue weighted by Crippen LogP contribution is 2.34. The summed E-state index contributed by atoms with van der Waals surface area (Å²) >= 11 is 3.09. The summed E-state index contributed by atoms with van der Waals surface area (Å²) in [6.07, 6.45) is 5.11. The Morgan fingerprint density at radius 2 is 2.06 bits per heavy atom. The van der Waals surface area contributed by atoms with Crippen LogP contribution in [0.4, 0.5) is 0 Å². The Hall–Kier alpha value is -2.75.